The van der Waals surface area contributed by atoms with Gasteiger partial charge in [0.2, 0.25) is 10.6 Å². The highest BCUT2D eigenvalue weighted by Crippen LogP contribution is 2.22. The highest BCUT2D eigenvalue weighted by atomic mass is 32.2. The standard InChI is InChI=1S/C11H17N7O2S3/c1-6(4-7-5-22-11(15-7)16-10(12)13)21-3-2-14-8-9(19)18-23(20)17-8/h5-6H,2-4H2,1H3,(H,14,17)(H,18,19)(H4,12,13,15,16). The average Bonchev–Trinajstić information content (AvgIpc) is 3.00. The van der Waals surface area contributed by atoms with E-state index >= 15 is 0 Å². The number of aromatic nitrogens is 3. The Bertz CT molecular complexity index is 784. The molecule has 0 aliphatic rings. The lowest BCUT2D eigenvalue weighted by Gasteiger charge is -2.07. The number of guanidine groups is 1. The van der Waals surface area contributed by atoms with Gasteiger partial charge in [0, 0.05) is 22.8 Å². The van der Waals surface area contributed by atoms with Crippen LogP contribution in [0.15, 0.2) is 20.2 Å². The molecule has 0 bridgehead atoms. The fourth-order valence-corrected chi connectivity index (χ4v) is 3.97. The molecule has 23 heavy (non-hydrogen) atoms. The molecule has 2 aromatic rings. The minimum atomic E-state index is -1.55. The Kier molecular flexibility index (Phi) is 6.38. The van der Waals surface area contributed by atoms with Gasteiger partial charge in [0.15, 0.2) is 5.96 Å². The third kappa shape index (κ3) is 5.82. The van der Waals surface area contributed by atoms with E-state index in [0.717, 1.165) is 17.9 Å². The topological polar surface area (TPSA) is 161 Å². The fourth-order valence-electron chi connectivity index (χ4n) is 1.71. The molecule has 0 fully saturated rings. The highest BCUT2D eigenvalue weighted by Gasteiger charge is 2.08. The second-order valence-corrected chi connectivity index (χ2v) is 7.90. The van der Waals surface area contributed by atoms with Crippen molar-refractivity contribution in [2.45, 2.75) is 18.6 Å². The second kappa shape index (κ2) is 8.29. The van der Waals surface area contributed by atoms with Crippen molar-refractivity contribution in [3.8, 4) is 0 Å². The number of nitrogens with one attached hydrogen (secondary N) is 2. The second-order valence-electron chi connectivity index (χ2n) is 4.58. The molecule has 0 spiro atoms. The molecule has 0 aromatic carbocycles. The Labute approximate surface area is 143 Å². The normalized spacial score (nSPS) is 14.0. The number of aromatic amines is 2. The van der Waals surface area contributed by atoms with Gasteiger partial charge in [-0.2, -0.15) is 16.8 Å². The van der Waals surface area contributed by atoms with Crippen molar-refractivity contribution in [2.24, 2.45) is 21.5 Å². The highest BCUT2D eigenvalue weighted by molar-refractivity contribution is 7.99. The van der Waals surface area contributed by atoms with Crippen LogP contribution in [0.2, 0.25) is 0 Å². The molecule has 2 rings (SSSR count). The van der Waals surface area contributed by atoms with Gasteiger partial charge >= 0.3 is 5.56 Å². The summed E-state index contributed by atoms with van der Waals surface area (Å²) in [6.07, 6.45) is 0.792. The first kappa shape index (κ1) is 17.7. The number of thiazole rings is 1. The number of aliphatic imine (C=N–C) groups is 1. The lowest BCUT2D eigenvalue weighted by molar-refractivity contribution is 0.584. The smallest absolute Gasteiger partial charge is 0.337 e. The molecule has 6 N–H and O–H groups in total. The van der Waals surface area contributed by atoms with E-state index in [-0.39, 0.29) is 11.4 Å². The zero-order valence-electron chi connectivity index (χ0n) is 12.3. The van der Waals surface area contributed by atoms with Gasteiger partial charge in [0.25, 0.3) is 0 Å². The number of hydrogen-bond donors (Lipinski definition) is 4. The van der Waals surface area contributed by atoms with Gasteiger partial charge in [-0.15, -0.1) is 20.1 Å². The van der Waals surface area contributed by atoms with Crippen molar-refractivity contribution >= 4 is 45.3 Å². The van der Waals surface area contributed by atoms with Gasteiger partial charge in [0.1, 0.15) is 11.1 Å². The molecular weight excluding hydrogens is 358 g/mol. The molecule has 0 saturated carbocycles. The molecule has 2 heterocycles. The van der Waals surface area contributed by atoms with Crippen LogP contribution in [0.25, 0.3) is 0 Å². The third-order valence-corrected chi connectivity index (χ3v) is 5.30. The number of nitrogens with zero attached hydrogens (tertiary/aromatic N) is 3. The van der Waals surface area contributed by atoms with Gasteiger partial charge in [-0.3, -0.25) is 9.79 Å². The summed E-state index contributed by atoms with van der Waals surface area (Å²) in [4.78, 5) is 23.6. The van der Waals surface area contributed by atoms with Crippen molar-refractivity contribution < 1.29 is 4.55 Å². The number of rotatable bonds is 7. The van der Waals surface area contributed by atoms with Crippen LogP contribution in [0, 0.1) is 0 Å². The van der Waals surface area contributed by atoms with E-state index in [1.165, 1.54) is 11.3 Å². The van der Waals surface area contributed by atoms with Crippen molar-refractivity contribution in [3.05, 3.63) is 26.9 Å². The molecule has 126 valence electrons. The third-order valence-electron chi connectivity index (χ3n) is 2.61. The zero-order chi connectivity index (χ0) is 16.8. The molecule has 0 aliphatic carbocycles. The Morgan fingerprint density at radius 3 is 3.00 bits per heavy atom. The Hall–Kier alpha value is -1.63. The molecule has 0 radical (unpaired) electrons. The number of hydrogen-bond acceptors (Lipinski definition) is 7. The van der Waals surface area contributed by atoms with Gasteiger partial charge < -0.3 is 16.0 Å². The number of H-pyrrole nitrogens is 2. The van der Waals surface area contributed by atoms with Gasteiger partial charge in [-0.05, 0) is 0 Å². The van der Waals surface area contributed by atoms with Crippen LogP contribution >= 0.6 is 34.2 Å². The van der Waals surface area contributed by atoms with Gasteiger partial charge in [0.05, 0.1) is 12.2 Å². The lowest BCUT2D eigenvalue weighted by atomic mass is 10.3. The van der Waals surface area contributed by atoms with E-state index in [0.29, 0.717) is 16.9 Å². The summed E-state index contributed by atoms with van der Waals surface area (Å²) in [5, 5.41) is 2.82. The minimum Gasteiger partial charge on any atom is -0.549 e. The lowest BCUT2D eigenvalue weighted by Crippen LogP contribution is -2.24. The quantitative estimate of drug-likeness (QED) is 0.231. The van der Waals surface area contributed by atoms with E-state index in [4.69, 9.17) is 11.5 Å². The van der Waals surface area contributed by atoms with E-state index in [1.54, 1.807) is 11.8 Å². The molecule has 9 nitrogen and oxygen atoms in total. The van der Waals surface area contributed by atoms with Crippen LogP contribution in [0.3, 0.4) is 0 Å². The molecule has 12 heteroatoms. The molecule has 0 aliphatic heterocycles. The van der Waals surface area contributed by atoms with Crippen LogP contribution in [0.5, 0.6) is 0 Å². The molecule has 2 unspecified atom stereocenters. The predicted molar refractivity (Wildman–Crippen MR) is 93.7 cm³/mol. The summed E-state index contributed by atoms with van der Waals surface area (Å²) in [7, 11) is 0. The van der Waals surface area contributed by atoms with Crippen molar-refractivity contribution in [1.29, 1.82) is 0 Å². The number of thioether (sulfide) groups is 1. The molecule has 2 atom stereocenters. The average molecular weight is 376 g/mol. The maximum absolute atomic E-state index is 11.3. The summed E-state index contributed by atoms with van der Waals surface area (Å²) in [5.41, 5.74) is 11.3. The van der Waals surface area contributed by atoms with Crippen LogP contribution in [-0.4, -0.2) is 41.8 Å². The molecule has 0 saturated heterocycles. The van der Waals surface area contributed by atoms with E-state index in [2.05, 4.69) is 30.6 Å². The summed E-state index contributed by atoms with van der Waals surface area (Å²) in [5.74, 6) is 0.745. The predicted octanol–water partition coefficient (Wildman–Crippen LogP) is 0.0571. The Morgan fingerprint density at radius 2 is 2.35 bits per heavy atom. The first-order valence-corrected chi connectivity index (χ1v) is 9.71. The minimum absolute atomic E-state index is 0.00192. The van der Waals surface area contributed by atoms with Crippen LogP contribution in [0.4, 0.5) is 5.13 Å². The summed E-state index contributed by atoms with van der Waals surface area (Å²) < 4.78 is 15.7. The molecular formula is C11H17N7O2S3. The van der Waals surface area contributed by atoms with E-state index < -0.39 is 16.7 Å². The van der Waals surface area contributed by atoms with E-state index in [9.17, 15) is 9.35 Å². The van der Waals surface area contributed by atoms with Crippen LogP contribution in [0.1, 0.15) is 12.6 Å². The maximum Gasteiger partial charge on any atom is 0.337 e. The van der Waals surface area contributed by atoms with Crippen LogP contribution < -0.4 is 22.5 Å². The van der Waals surface area contributed by atoms with Crippen molar-refractivity contribution in [2.75, 3.05) is 12.3 Å². The molecule has 2 aromatic heterocycles. The Balaban J connectivity index is 1.79. The SMILES string of the molecule is CC(Cc1csc(N=C(N)N)n1)SCCN=c1[nH][s+]([O-])[nH]c1=O. The van der Waals surface area contributed by atoms with Gasteiger partial charge in [-0.25, -0.2) is 4.98 Å². The summed E-state index contributed by atoms with van der Waals surface area (Å²) in [6, 6.07) is 0. The van der Waals surface area contributed by atoms with Crippen molar-refractivity contribution in [1.82, 2.24) is 13.7 Å². The largest absolute Gasteiger partial charge is 0.549 e. The first-order chi connectivity index (χ1) is 10.9. The first-order valence-electron chi connectivity index (χ1n) is 6.63. The van der Waals surface area contributed by atoms with Crippen LogP contribution in [-0.2, 0) is 6.42 Å². The molecule has 0 amide bonds. The maximum atomic E-state index is 11.3. The zero-order valence-corrected chi connectivity index (χ0v) is 14.8. The van der Waals surface area contributed by atoms with Crippen molar-refractivity contribution in [3.63, 3.8) is 0 Å². The monoisotopic (exact) mass is 375 g/mol. The number of nitrogens with two attached hydrogens (primary N) is 2. The summed E-state index contributed by atoms with van der Waals surface area (Å²) in [6.45, 7) is 2.56. The fraction of sp³-hybridized carbons (Fsp3) is 0.455. The van der Waals surface area contributed by atoms with Gasteiger partial charge in [-0.1, -0.05) is 6.92 Å². The summed E-state index contributed by atoms with van der Waals surface area (Å²) >= 11 is 1.56. The van der Waals surface area contributed by atoms with E-state index in [1.807, 2.05) is 5.38 Å². The Morgan fingerprint density at radius 1 is 1.57 bits per heavy atom.